The molecule has 0 atom stereocenters. The van der Waals surface area contributed by atoms with Gasteiger partial charge < -0.3 is 4.42 Å². The normalized spacial score (nSPS) is 12.3. The summed E-state index contributed by atoms with van der Waals surface area (Å²) in [6, 6.07) is 11.5. The number of aryl methyl sites for hydroxylation is 2. The van der Waals surface area contributed by atoms with Crippen molar-refractivity contribution in [2.45, 2.75) is 13.8 Å². The molecular formula is C22H14ClN3O4S. The lowest BCUT2D eigenvalue weighted by Gasteiger charge is -2.00. The molecule has 0 aliphatic heterocycles. The van der Waals surface area contributed by atoms with Crippen LogP contribution in [0.5, 0.6) is 0 Å². The molecule has 0 fully saturated rings. The van der Waals surface area contributed by atoms with Gasteiger partial charge in [-0.2, -0.15) is 0 Å². The Labute approximate surface area is 184 Å². The first-order valence-corrected chi connectivity index (χ1v) is 10.5. The Morgan fingerprint density at radius 3 is 2.77 bits per heavy atom. The number of aromatic nitrogens is 2. The van der Waals surface area contributed by atoms with Crippen LogP contribution in [0, 0.1) is 24.0 Å². The number of imidazole rings is 1. The third-order valence-corrected chi connectivity index (χ3v) is 6.30. The molecule has 0 N–H and O–H groups in total. The summed E-state index contributed by atoms with van der Waals surface area (Å²) in [4.78, 5) is 28.9. The van der Waals surface area contributed by atoms with E-state index in [1.54, 1.807) is 22.6 Å². The third kappa shape index (κ3) is 3.20. The SMILES string of the molecule is Cc1cc(C)c2nc3sc(=Cc4ccc(-c5cc([N+](=O)[O-])ccc5Cl)o4)c(=O)n3c2c1. The van der Waals surface area contributed by atoms with Crippen LogP contribution in [0.3, 0.4) is 0 Å². The fourth-order valence-electron chi connectivity index (χ4n) is 3.63. The second-order valence-electron chi connectivity index (χ2n) is 7.22. The van der Waals surface area contributed by atoms with E-state index in [9.17, 15) is 14.9 Å². The van der Waals surface area contributed by atoms with Crippen LogP contribution in [0.15, 0.2) is 51.7 Å². The minimum atomic E-state index is -0.491. The number of nitro groups is 1. The first-order chi connectivity index (χ1) is 14.8. The molecule has 9 heteroatoms. The Morgan fingerprint density at radius 2 is 2.00 bits per heavy atom. The van der Waals surface area contributed by atoms with Gasteiger partial charge in [0, 0.05) is 23.8 Å². The summed E-state index contributed by atoms with van der Waals surface area (Å²) in [6.45, 7) is 3.96. The number of fused-ring (bicyclic) bond motifs is 3. The Balaban J connectivity index is 1.62. The highest BCUT2D eigenvalue weighted by atomic mass is 35.5. The number of nitro benzene ring substituents is 1. The van der Waals surface area contributed by atoms with Gasteiger partial charge >= 0.3 is 0 Å². The van der Waals surface area contributed by atoms with E-state index in [1.807, 2.05) is 26.0 Å². The van der Waals surface area contributed by atoms with Crippen molar-refractivity contribution in [3.8, 4) is 11.3 Å². The average Bonchev–Trinajstić information content (AvgIpc) is 3.39. The van der Waals surface area contributed by atoms with Gasteiger partial charge in [0.05, 0.1) is 21.0 Å². The number of thiazole rings is 1. The molecule has 0 spiro atoms. The first-order valence-electron chi connectivity index (χ1n) is 9.30. The molecule has 2 aromatic carbocycles. The topological polar surface area (TPSA) is 90.7 Å². The van der Waals surface area contributed by atoms with Gasteiger partial charge in [-0.25, -0.2) is 9.38 Å². The predicted octanol–water partition coefficient (Wildman–Crippen LogP) is 4.90. The molecule has 31 heavy (non-hydrogen) atoms. The minimum Gasteiger partial charge on any atom is -0.457 e. The number of halogens is 1. The van der Waals surface area contributed by atoms with Crippen LogP contribution < -0.4 is 10.1 Å². The van der Waals surface area contributed by atoms with E-state index in [4.69, 9.17) is 16.0 Å². The Hall–Kier alpha value is -3.49. The quantitative estimate of drug-likeness (QED) is 0.287. The minimum absolute atomic E-state index is 0.0832. The number of rotatable bonds is 3. The Bertz CT molecular complexity index is 1630. The maximum absolute atomic E-state index is 13.0. The summed E-state index contributed by atoms with van der Waals surface area (Å²) in [5, 5.41) is 11.4. The van der Waals surface area contributed by atoms with Gasteiger partial charge in [0.15, 0.2) is 4.96 Å². The van der Waals surface area contributed by atoms with Crippen molar-refractivity contribution in [3.63, 3.8) is 0 Å². The van der Waals surface area contributed by atoms with Crippen LogP contribution in [0.2, 0.25) is 5.02 Å². The molecule has 0 bridgehead atoms. The molecule has 0 aliphatic carbocycles. The number of benzene rings is 2. The van der Waals surface area contributed by atoms with Gasteiger partial charge in [-0.1, -0.05) is 29.0 Å². The molecule has 0 saturated heterocycles. The molecule has 0 amide bonds. The molecule has 0 aliphatic rings. The lowest BCUT2D eigenvalue weighted by molar-refractivity contribution is -0.384. The van der Waals surface area contributed by atoms with E-state index in [0.717, 1.165) is 22.2 Å². The van der Waals surface area contributed by atoms with E-state index in [-0.39, 0.29) is 11.2 Å². The van der Waals surface area contributed by atoms with Crippen LogP contribution in [0.4, 0.5) is 5.69 Å². The molecule has 154 valence electrons. The first kappa shape index (κ1) is 19.5. The summed E-state index contributed by atoms with van der Waals surface area (Å²) in [7, 11) is 0. The highest BCUT2D eigenvalue weighted by molar-refractivity contribution is 7.15. The van der Waals surface area contributed by atoms with E-state index in [0.29, 0.717) is 31.6 Å². The summed E-state index contributed by atoms with van der Waals surface area (Å²) >= 11 is 7.48. The zero-order valence-electron chi connectivity index (χ0n) is 16.4. The zero-order valence-corrected chi connectivity index (χ0v) is 18.0. The Morgan fingerprint density at radius 1 is 1.19 bits per heavy atom. The van der Waals surface area contributed by atoms with E-state index < -0.39 is 4.92 Å². The summed E-state index contributed by atoms with van der Waals surface area (Å²) in [5.41, 5.74) is 3.86. The van der Waals surface area contributed by atoms with E-state index in [1.165, 1.54) is 29.5 Å². The average molecular weight is 452 g/mol. The number of furan rings is 1. The van der Waals surface area contributed by atoms with E-state index >= 15 is 0 Å². The van der Waals surface area contributed by atoms with Crippen molar-refractivity contribution < 1.29 is 9.34 Å². The second kappa shape index (κ2) is 7.04. The van der Waals surface area contributed by atoms with Crippen LogP contribution in [-0.2, 0) is 0 Å². The monoisotopic (exact) mass is 451 g/mol. The van der Waals surface area contributed by atoms with Gasteiger partial charge in [-0.15, -0.1) is 0 Å². The summed E-state index contributed by atoms with van der Waals surface area (Å²) < 4.78 is 7.92. The smallest absolute Gasteiger partial charge is 0.275 e. The zero-order chi connectivity index (χ0) is 21.9. The number of hydrogen-bond donors (Lipinski definition) is 0. The largest absolute Gasteiger partial charge is 0.457 e. The van der Waals surface area contributed by atoms with Crippen LogP contribution >= 0.6 is 22.9 Å². The van der Waals surface area contributed by atoms with Gasteiger partial charge in [-0.05, 0) is 49.2 Å². The predicted molar refractivity (Wildman–Crippen MR) is 121 cm³/mol. The van der Waals surface area contributed by atoms with Gasteiger partial charge in [0.25, 0.3) is 11.2 Å². The lowest BCUT2D eigenvalue weighted by Crippen LogP contribution is -2.22. The standard InChI is InChI=1S/C22H14ClN3O4S/c1-11-7-12(2)20-17(8-11)25-21(27)19(31-22(25)24-20)10-14-4-6-18(30-14)15-9-13(26(28)29)3-5-16(15)23/h3-10H,1-2H3. The lowest BCUT2D eigenvalue weighted by atomic mass is 10.1. The molecule has 5 aromatic rings. The molecule has 3 aromatic heterocycles. The molecule has 0 radical (unpaired) electrons. The van der Waals surface area contributed by atoms with Crippen molar-refractivity contribution >= 4 is 50.7 Å². The number of non-ortho nitro benzene ring substituents is 1. The maximum atomic E-state index is 13.0. The highest BCUT2D eigenvalue weighted by Crippen LogP contribution is 2.32. The molecule has 0 saturated carbocycles. The van der Waals surface area contributed by atoms with Crippen LogP contribution in [0.1, 0.15) is 16.9 Å². The highest BCUT2D eigenvalue weighted by Gasteiger charge is 2.16. The number of nitrogens with zero attached hydrogens (tertiary/aromatic N) is 3. The summed E-state index contributed by atoms with van der Waals surface area (Å²) in [6.07, 6.45) is 1.64. The van der Waals surface area contributed by atoms with Crippen molar-refractivity contribution in [1.29, 1.82) is 0 Å². The molecule has 7 nitrogen and oxygen atoms in total. The van der Waals surface area contributed by atoms with Crippen molar-refractivity contribution in [2.24, 2.45) is 0 Å². The van der Waals surface area contributed by atoms with Gasteiger partial charge in [-0.3, -0.25) is 14.9 Å². The Kier molecular flexibility index (Phi) is 4.42. The van der Waals surface area contributed by atoms with Crippen molar-refractivity contribution in [2.75, 3.05) is 0 Å². The molecule has 5 rings (SSSR count). The summed E-state index contributed by atoms with van der Waals surface area (Å²) in [5.74, 6) is 0.821. The fourth-order valence-corrected chi connectivity index (χ4v) is 4.80. The van der Waals surface area contributed by atoms with Crippen molar-refractivity contribution in [3.05, 3.63) is 89.4 Å². The molecule has 3 heterocycles. The third-order valence-electron chi connectivity index (χ3n) is 5.01. The van der Waals surface area contributed by atoms with Gasteiger partial charge in [0.2, 0.25) is 0 Å². The van der Waals surface area contributed by atoms with Crippen LogP contribution in [0.25, 0.3) is 33.4 Å². The molecule has 0 unspecified atom stereocenters. The maximum Gasteiger partial charge on any atom is 0.275 e. The van der Waals surface area contributed by atoms with Crippen molar-refractivity contribution in [1.82, 2.24) is 9.38 Å². The second-order valence-corrected chi connectivity index (χ2v) is 8.63. The van der Waals surface area contributed by atoms with E-state index in [2.05, 4.69) is 4.98 Å². The van der Waals surface area contributed by atoms with Gasteiger partial charge in [0.1, 0.15) is 16.1 Å². The number of hydrogen-bond acceptors (Lipinski definition) is 6. The molecular weight excluding hydrogens is 438 g/mol. The fraction of sp³-hybridized carbons (Fsp3) is 0.0909. The van der Waals surface area contributed by atoms with Crippen LogP contribution in [-0.4, -0.2) is 14.3 Å².